The van der Waals surface area contributed by atoms with Crippen LogP contribution in [-0.4, -0.2) is 18.9 Å². The molecule has 0 rings (SSSR count). The molecule has 0 aromatic carbocycles. The summed E-state index contributed by atoms with van der Waals surface area (Å²) in [4.78, 5) is 11.3. The molecule has 3 heteroatoms. The fraction of sp³-hybridized carbons (Fsp3) is 0.864. The molecule has 148 valence electrons. The van der Waals surface area contributed by atoms with Gasteiger partial charge in [-0.25, -0.2) is 4.79 Å². The van der Waals surface area contributed by atoms with E-state index in [1.54, 1.807) is 13.8 Å². The summed E-state index contributed by atoms with van der Waals surface area (Å²) in [7, 11) is 0. The Balaban J connectivity index is 3.19. The summed E-state index contributed by atoms with van der Waals surface area (Å²) in [6.07, 6.45) is 18.4. The van der Waals surface area contributed by atoms with Gasteiger partial charge in [-0.1, -0.05) is 97.0 Å². The van der Waals surface area contributed by atoms with Crippen LogP contribution >= 0.6 is 0 Å². The molecule has 0 aliphatic rings. The summed E-state index contributed by atoms with van der Waals surface area (Å²) in [5.41, 5.74) is 0.409. The summed E-state index contributed by atoms with van der Waals surface area (Å²) in [5.74, 6) is -0.381. The Morgan fingerprint density at radius 3 is 1.60 bits per heavy atom. The number of carbonyl (C=O) groups is 1. The van der Waals surface area contributed by atoms with Crippen LogP contribution in [0.1, 0.15) is 111 Å². The molecule has 1 unspecified atom stereocenters. The van der Waals surface area contributed by atoms with Gasteiger partial charge in [0.05, 0.1) is 6.61 Å². The van der Waals surface area contributed by atoms with E-state index in [0.717, 1.165) is 6.42 Å². The van der Waals surface area contributed by atoms with Crippen molar-refractivity contribution < 1.29 is 14.3 Å². The predicted octanol–water partition coefficient (Wildman–Crippen LogP) is 6.95. The van der Waals surface area contributed by atoms with Crippen molar-refractivity contribution >= 4 is 5.97 Å². The average molecular weight is 355 g/mol. The lowest BCUT2D eigenvalue weighted by Crippen LogP contribution is -2.18. The Morgan fingerprint density at radius 1 is 0.800 bits per heavy atom. The summed E-state index contributed by atoms with van der Waals surface area (Å²) in [5, 5.41) is 0. The van der Waals surface area contributed by atoms with Crippen LogP contribution in [0.5, 0.6) is 0 Å². The molecule has 0 aromatic heterocycles. The molecule has 0 aromatic rings. The highest BCUT2D eigenvalue weighted by Crippen LogP contribution is 2.13. The monoisotopic (exact) mass is 354 g/mol. The molecule has 0 amide bonds. The largest absolute Gasteiger partial charge is 0.433 e. The molecular formula is C22H42O3. The van der Waals surface area contributed by atoms with Gasteiger partial charge >= 0.3 is 5.97 Å². The Hall–Kier alpha value is -0.830. The van der Waals surface area contributed by atoms with Crippen LogP contribution in [0, 0.1) is 0 Å². The fourth-order valence-electron chi connectivity index (χ4n) is 2.83. The van der Waals surface area contributed by atoms with E-state index in [1.165, 1.54) is 83.5 Å². The number of hydrogen-bond donors (Lipinski definition) is 0. The van der Waals surface area contributed by atoms with Gasteiger partial charge in [0.15, 0.2) is 6.29 Å². The van der Waals surface area contributed by atoms with Crippen molar-refractivity contribution in [3.8, 4) is 0 Å². The molecule has 0 spiro atoms. The van der Waals surface area contributed by atoms with Gasteiger partial charge in [-0.15, -0.1) is 0 Å². The van der Waals surface area contributed by atoms with Crippen molar-refractivity contribution in [3.63, 3.8) is 0 Å². The highest BCUT2D eigenvalue weighted by molar-refractivity contribution is 5.86. The van der Waals surface area contributed by atoms with E-state index in [4.69, 9.17) is 9.47 Å². The van der Waals surface area contributed by atoms with E-state index in [0.29, 0.717) is 12.2 Å². The van der Waals surface area contributed by atoms with Crippen molar-refractivity contribution in [2.24, 2.45) is 0 Å². The van der Waals surface area contributed by atoms with E-state index in [-0.39, 0.29) is 5.97 Å². The number of hydrogen-bond acceptors (Lipinski definition) is 3. The Kier molecular flexibility index (Phi) is 17.4. The third-order valence-electron chi connectivity index (χ3n) is 4.47. The standard InChI is InChI=1S/C22H42O3/c1-5-6-7-8-9-10-11-12-13-14-15-16-17-18-19-24-21(4)25-22(23)20(2)3/h21H,2,5-19H2,1,3-4H3. The van der Waals surface area contributed by atoms with Crippen molar-refractivity contribution in [3.05, 3.63) is 12.2 Å². The average Bonchev–Trinajstić information content (AvgIpc) is 2.58. The maximum atomic E-state index is 11.3. The van der Waals surface area contributed by atoms with E-state index in [1.807, 2.05) is 0 Å². The molecule has 0 saturated heterocycles. The zero-order valence-electron chi connectivity index (χ0n) is 17.1. The number of carbonyl (C=O) groups excluding carboxylic acids is 1. The first-order valence-corrected chi connectivity index (χ1v) is 10.6. The van der Waals surface area contributed by atoms with Gasteiger partial charge in [0, 0.05) is 5.57 Å². The number of unbranched alkanes of at least 4 members (excludes halogenated alkanes) is 13. The minimum absolute atomic E-state index is 0.381. The zero-order valence-corrected chi connectivity index (χ0v) is 17.1. The second kappa shape index (κ2) is 18.0. The highest BCUT2D eigenvalue weighted by atomic mass is 16.7. The minimum atomic E-state index is -0.480. The van der Waals surface area contributed by atoms with Crippen LogP contribution in [0.2, 0.25) is 0 Å². The molecule has 0 heterocycles. The first-order chi connectivity index (χ1) is 12.1. The van der Waals surface area contributed by atoms with Crippen LogP contribution in [0.3, 0.4) is 0 Å². The van der Waals surface area contributed by atoms with Crippen molar-refractivity contribution in [1.82, 2.24) is 0 Å². The molecule has 0 radical (unpaired) electrons. The summed E-state index contributed by atoms with van der Waals surface area (Å²) in [6, 6.07) is 0. The van der Waals surface area contributed by atoms with Crippen molar-refractivity contribution in [2.45, 2.75) is 117 Å². The quantitative estimate of drug-likeness (QED) is 0.116. The molecular weight excluding hydrogens is 312 g/mol. The molecule has 0 aliphatic heterocycles. The Labute approximate surface area is 156 Å². The van der Waals surface area contributed by atoms with E-state index < -0.39 is 6.29 Å². The van der Waals surface area contributed by atoms with Gasteiger partial charge in [0.1, 0.15) is 0 Å². The number of ether oxygens (including phenoxy) is 2. The summed E-state index contributed by atoms with van der Waals surface area (Å²) in [6.45, 7) is 9.88. The topological polar surface area (TPSA) is 35.5 Å². The van der Waals surface area contributed by atoms with Crippen LogP contribution in [-0.2, 0) is 14.3 Å². The number of esters is 1. The smallest absolute Gasteiger partial charge is 0.335 e. The zero-order chi connectivity index (χ0) is 18.8. The highest BCUT2D eigenvalue weighted by Gasteiger charge is 2.09. The molecule has 0 aliphatic carbocycles. The predicted molar refractivity (Wildman–Crippen MR) is 107 cm³/mol. The van der Waals surface area contributed by atoms with Crippen LogP contribution in [0.4, 0.5) is 0 Å². The van der Waals surface area contributed by atoms with Gasteiger partial charge in [-0.2, -0.15) is 0 Å². The minimum Gasteiger partial charge on any atom is -0.433 e. The second-order valence-corrected chi connectivity index (χ2v) is 7.22. The van der Waals surface area contributed by atoms with Gasteiger partial charge in [0.25, 0.3) is 0 Å². The number of rotatable bonds is 18. The van der Waals surface area contributed by atoms with Crippen molar-refractivity contribution in [1.29, 1.82) is 0 Å². The third-order valence-corrected chi connectivity index (χ3v) is 4.47. The van der Waals surface area contributed by atoms with Crippen LogP contribution in [0.15, 0.2) is 12.2 Å². The third kappa shape index (κ3) is 17.8. The normalized spacial score (nSPS) is 12.1. The van der Waals surface area contributed by atoms with Crippen LogP contribution < -0.4 is 0 Å². The summed E-state index contributed by atoms with van der Waals surface area (Å²) < 4.78 is 10.6. The first kappa shape index (κ1) is 24.2. The molecule has 0 N–H and O–H groups in total. The van der Waals surface area contributed by atoms with Crippen molar-refractivity contribution in [2.75, 3.05) is 6.61 Å². The molecule has 0 fully saturated rings. The van der Waals surface area contributed by atoms with Gasteiger partial charge in [0.2, 0.25) is 0 Å². The van der Waals surface area contributed by atoms with E-state index >= 15 is 0 Å². The van der Waals surface area contributed by atoms with E-state index in [9.17, 15) is 4.79 Å². The molecule has 1 atom stereocenters. The molecule has 3 nitrogen and oxygen atoms in total. The van der Waals surface area contributed by atoms with Crippen LogP contribution in [0.25, 0.3) is 0 Å². The fourth-order valence-corrected chi connectivity index (χ4v) is 2.83. The Morgan fingerprint density at radius 2 is 1.20 bits per heavy atom. The molecule has 0 bridgehead atoms. The van der Waals surface area contributed by atoms with Gasteiger partial charge < -0.3 is 9.47 Å². The maximum Gasteiger partial charge on any atom is 0.335 e. The van der Waals surface area contributed by atoms with Gasteiger partial charge in [-0.05, 0) is 20.3 Å². The second-order valence-electron chi connectivity index (χ2n) is 7.22. The summed E-state index contributed by atoms with van der Waals surface area (Å²) >= 11 is 0. The molecule has 0 saturated carbocycles. The lowest BCUT2D eigenvalue weighted by Gasteiger charge is -2.13. The van der Waals surface area contributed by atoms with Gasteiger partial charge in [-0.3, -0.25) is 0 Å². The van der Waals surface area contributed by atoms with E-state index in [2.05, 4.69) is 13.5 Å². The lowest BCUT2D eigenvalue weighted by atomic mass is 10.0. The SMILES string of the molecule is C=C(C)C(=O)OC(C)OCCCCCCCCCCCCCCCC. The maximum absolute atomic E-state index is 11.3. The lowest BCUT2D eigenvalue weighted by molar-refractivity contribution is -0.170. The first-order valence-electron chi connectivity index (χ1n) is 10.6. The Bertz CT molecular complexity index is 325. The molecule has 25 heavy (non-hydrogen) atoms.